The van der Waals surface area contributed by atoms with E-state index in [0.717, 1.165) is 4.57 Å². The first-order valence-corrected chi connectivity index (χ1v) is 11.4. The first-order valence-electron chi connectivity index (χ1n) is 9.93. The lowest BCUT2D eigenvalue weighted by Gasteiger charge is -2.35. The smallest absolute Gasteiger partial charge is 0.463 e. The van der Waals surface area contributed by atoms with Crippen molar-refractivity contribution < 1.29 is 37.5 Å². The maximum atomic E-state index is 12.9. The summed E-state index contributed by atoms with van der Waals surface area (Å²) in [6.45, 7) is 6.28. The van der Waals surface area contributed by atoms with Crippen LogP contribution in [0.5, 0.6) is 0 Å². The van der Waals surface area contributed by atoms with Crippen molar-refractivity contribution in [1.29, 1.82) is 0 Å². The van der Waals surface area contributed by atoms with Crippen LogP contribution in [0, 0.1) is 5.92 Å². The summed E-state index contributed by atoms with van der Waals surface area (Å²) < 4.78 is 40.9. The van der Waals surface area contributed by atoms with Crippen molar-refractivity contribution in [3.63, 3.8) is 0 Å². The third-order valence-electron chi connectivity index (χ3n) is 5.02. The Balaban J connectivity index is 1.64. The number of nitrogen functional groups attached to an aromatic ring is 1. The topological polar surface area (TPSA) is 161 Å². The quantitative estimate of drug-likeness (QED) is 0.440. The number of nitrogens with zero attached hydrogens (tertiary/aromatic N) is 2. The summed E-state index contributed by atoms with van der Waals surface area (Å²) >= 11 is 0. The van der Waals surface area contributed by atoms with Gasteiger partial charge in [-0.05, 0) is 33.3 Å². The van der Waals surface area contributed by atoms with Crippen molar-refractivity contribution in [3.8, 4) is 0 Å². The van der Waals surface area contributed by atoms with E-state index in [4.69, 9.17) is 28.8 Å². The van der Waals surface area contributed by atoms with Crippen LogP contribution in [0.3, 0.4) is 0 Å². The number of carbonyl (C=O) groups is 1. The molecule has 13 heteroatoms. The van der Waals surface area contributed by atoms with E-state index in [1.54, 1.807) is 20.8 Å². The number of esters is 1. The van der Waals surface area contributed by atoms with Crippen LogP contribution in [-0.2, 0) is 32.4 Å². The van der Waals surface area contributed by atoms with E-state index in [9.17, 15) is 19.3 Å². The summed E-state index contributed by atoms with van der Waals surface area (Å²) in [5.74, 6) is -0.834. The van der Waals surface area contributed by atoms with Gasteiger partial charge in [-0.1, -0.05) is 6.92 Å². The molecule has 1 aromatic rings. The Bertz CT molecular complexity index is 919. The molecule has 0 aliphatic carbocycles. The summed E-state index contributed by atoms with van der Waals surface area (Å²) in [6, 6.07) is 1.39. The molecular formula is C18H28N3O9P. The number of aliphatic hydroxyl groups is 1. The highest BCUT2D eigenvalue weighted by Gasteiger charge is 2.60. The van der Waals surface area contributed by atoms with Crippen molar-refractivity contribution in [3.05, 3.63) is 22.7 Å². The molecule has 2 fully saturated rings. The Morgan fingerprint density at radius 2 is 2.19 bits per heavy atom. The Kier molecular flexibility index (Phi) is 6.90. The molecule has 3 N–H and O–H groups in total. The average molecular weight is 461 g/mol. The second kappa shape index (κ2) is 8.97. The maximum absolute atomic E-state index is 12.9. The molecule has 2 aliphatic rings. The Morgan fingerprint density at radius 1 is 1.48 bits per heavy atom. The van der Waals surface area contributed by atoms with E-state index in [2.05, 4.69) is 4.98 Å². The van der Waals surface area contributed by atoms with Gasteiger partial charge < -0.3 is 20.3 Å². The molecule has 0 saturated carbocycles. The number of aromatic nitrogens is 2. The molecule has 3 rings (SSSR count). The molecular weight excluding hydrogens is 433 g/mol. The van der Waals surface area contributed by atoms with Gasteiger partial charge in [-0.25, -0.2) is 9.36 Å². The Labute approximate surface area is 179 Å². The fourth-order valence-electron chi connectivity index (χ4n) is 3.35. The molecule has 1 unspecified atom stereocenters. The minimum atomic E-state index is -4.03. The largest absolute Gasteiger partial charge is 0.475 e. The van der Waals surface area contributed by atoms with Crippen LogP contribution in [0.2, 0.25) is 0 Å². The average Bonchev–Trinajstić information content (AvgIpc) is 2.91. The highest BCUT2D eigenvalue weighted by atomic mass is 31.2. The second-order valence-electron chi connectivity index (χ2n) is 8.07. The number of hydrogen-bond donors (Lipinski definition) is 2. The molecule has 31 heavy (non-hydrogen) atoms. The van der Waals surface area contributed by atoms with Gasteiger partial charge in [0.15, 0.2) is 6.23 Å². The van der Waals surface area contributed by atoms with Gasteiger partial charge in [-0.15, -0.1) is 0 Å². The molecule has 174 valence electrons. The third-order valence-corrected chi connectivity index (χ3v) is 6.47. The van der Waals surface area contributed by atoms with Gasteiger partial charge in [-0.2, -0.15) is 4.98 Å². The van der Waals surface area contributed by atoms with Crippen LogP contribution in [0.1, 0.15) is 40.3 Å². The van der Waals surface area contributed by atoms with E-state index in [0.29, 0.717) is 0 Å². The summed E-state index contributed by atoms with van der Waals surface area (Å²) in [5.41, 5.74) is 3.04. The van der Waals surface area contributed by atoms with Crippen LogP contribution < -0.4 is 11.4 Å². The Morgan fingerprint density at radius 3 is 2.84 bits per heavy atom. The second-order valence-corrected chi connectivity index (χ2v) is 9.69. The van der Waals surface area contributed by atoms with E-state index in [-0.39, 0.29) is 37.5 Å². The predicted octanol–water partition coefficient (Wildman–Crippen LogP) is 0.992. The highest BCUT2D eigenvalue weighted by Crippen LogP contribution is 2.58. The normalized spacial score (nSPS) is 33.8. The first kappa shape index (κ1) is 23.8. The monoisotopic (exact) mass is 461 g/mol. The van der Waals surface area contributed by atoms with Crippen molar-refractivity contribution in [2.45, 2.75) is 64.3 Å². The van der Waals surface area contributed by atoms with E-state index in [1.807, 2.05) is 0 Å². The van der Waals surface area contributed by atoms with Crippen molar-refractivity contribution >= 4 is 19.6 Å². The van der Waals surface area contributed by atoms with Gasteiger partial charge in [0, 0.05) is 6.20 Å². The van der Waals surface area contributed by atoms with Crippen molar-refractivity contribution in [1.82, 2.24) is 9.55 Å². The van der Waals surface area contributed by atoms with E-state index >= 15 is 0 Å². The zero-order valence-corrected chi connectivity index (χ0v) is 18.7. The lowest BCUT2D eigenvalue weighted by molar-refractivity contribution is -0.152. The van der Waals surface area contributed by atoms with Crippen LogP contribution >= 0.6 is 7.82 Å². The highest BCUT2D eigenvalue weighted by molar-refractivity contribution is 7.48. The van der Waals surface area contributed by atoms with E-state index < -0.39 is 43.5 Å². The van der Waals surface area contributed by atoms with Gasteiger partial charge in [0.2, 0.25) is 0 Å². The summed E-state index contributed by atoms with van der Waals surface area (Å²) in [4.78, 5) is 27.7. The predicted molar refractivity (Wildman–Crippen MR) is 107 cm³/mol. The fraction of sp³-hybridized carbons (Fsp3) is 0.722. The van der Waals surface area contributed by atoms with Crippen LogP contribution in [0.15, 0.2) is 17.1 Å². The summed E-state index contributed by atoms with van der Waals surface area (Å²) in [7, 11) is -4.03. The zero-order chi connectivity index (χ0) is 23.0. The zero-order valence-electron chi connectivity index (χ0n) is 17.8. The molecule has 0 aromatic carbocycles. The van der Waals surface area contributed by atoms with Crippen LogP contribution in [0.25, 0.3) is 0 Å². The number of fused-ring (bicyclic) bond motifs is 1. The third kappa shape index (κ3) is 5.16. The molecule has 2 aliphatic heterocycles. The molecule has 0 spiro atoms. The molecule has 0 radical (unpaired) electrons. The molecule has 0 amide bonds. The van der Waals surface area contributed by atoms with Gasteiger partial charge in [0.25, 0.3) is 0 Å². The van der Waals surface area contributed by atoms with Crippen molar-refractivity contribution in [2.24, 2.45) is 5.92 Å². The van der Waals surface area contributed by atoms with Gasteiger partial charge in [-0.3, -0.25) is 22.9 Å². The lowest BCUT2D eigenvalue weighted by atomic mass is 9.96. The van der Waals surface area contributed by atoms with Gasteiger partial charge in [0.05, 0.1) is 25.2 Å². The van der Waals surface area contributed by atoms with Crippen molar-refractivity contribution in [2.75, 3.05) is 18.9 Å². The summed E-state index contributed by atoms with van der Waals surface area (Å²) in [6.07, 6.45) is -1.71. The number of ether oxygens (including phenoxy) is 2. The first-order chi connectivity index (χ1) is 14.4. The number of carbonyl (C=O) groups excluding carboxylic acids is 1. The summed E-state index contributed by atoms with van der Waals surface area (Å²) in [5, 5.41) is 11.0. The molecule has 6 atom stereocenters. The van der Waals surface area contributed by atoms with Crippen LogP contribution in [0.4, 0.5) is 5.82 Å². The fourth-order valence-corrected chi connectivity index (χ4v) is 4.84. The molecule has 2 saturated heterocycles. The standard InChI is InChI=1S/C18H28N3O9P/c1-10(2)28-15(22)11(3)6-8-26-31(25)27-9-12-14(30-31)18(4,24)16(29-12)21-7-5-13(19)20-17(21)23/h5,7,10-12,14,16,24H,6,8-9H2,1-4H3,(H2,19,20,23)/t11?,12-,14-,16-,18-,31-/m1/s1. The minimum Gasteiger partial charge on any atom is -0.463 e. The Hall–Kier alpha value is -1.82. The minimum absolute atomic E-state index is 0.0281. The number of phosphoric ester groups is 1. The molecule has 3 heterocycles. The van der Waals surface area contributed by atoms with Crippen LogP contribution in [-0.4, -0.2) is 57.8 Å². The van der Waals surface area contributed by atoms with Gasteiger partial charge >= 0.3 is 19.5 Å². The van der Waals surface area contributed by atoms with E-state index in [1.165, 1.54) is 19.2 Å². The number of rotatable bonds is 7. The molecule has 0 bridgehead atoms. The number of hydrogen-bond acceptors (Lipinski definition) is 11. The van der Waals surface area contributed by atoms with Gasteiger partial charge in [0.1, 0.15) is 23.6 Å². The lowest BCUT2D eigenvalue weighted by Crippen LogP contribution is -2.49. The maximum Gasteiger partial charge on any atom is 0.475 e. The molecule has 1 aromatic heterocycles. The number of phosphoric acid groups is 1. The number of anilines is 1. The number of nitrogens with two attached hydrogens (primary N) is 1. The SMILES string of the molecule is CC(C)OC(=O)C(C)CCO[P@]1(=O)OC[C@H]2O[C@@H](n3ccc(N)nc3=O)[C@](C)(O)[C@@H]2O1. The molecule has 12 nitrogen and oxygen atoms in total.